The first-order valence-electron chi connectivity index (χ1n) is 6.08. The van der Waals surface area contributed by atoms with E-state index in [4.69, 9.17) is 0 Å². The quantitative estimate of drug-likeness (QED) is 0.641. The molecule has 1 aliphatic rings. The third kappa shape index (κ3) is 3.83. The summed E-state index contributed by atoms with van der Waals surface area (Å²) in [5.74, 6) is 1.89. The molecule has 2 atom stereocenters. The fraction of sp³-hybridized carbons (Fsp3) is 0.846. The molecule has 0 bridgehead atoms. The van der Waals surface area contributed by atoms with Crippen LogP contribution in [0.3, 0.4) is 0 Å². The zero-order chi connectivity index (χ0) is 10.4. The van der Waals surface area contributed by atoms with Crippen LogP contribution in [0.25, 0.3) is 0 Å². The lowest BCUT2D eigenvalue weighted by Gasteiger charge is -2.20. The van der Waals surface area contributed by atoms with E-state index in [2.05, 4.69) is 31.8 Å². The molecule has 1 aliphatic carbocycles. The molecule has 0 aromatic carbocycles. The first-order chi connectivity index (χ1) is 6.74. The van der Waals surface area contributed by atoms with Crippen LogP contribution in [0.4, 0.5) is 0 Å². The van der Waals surface area contributed by atoms with Crippen molar-refractivity contribution < 1.29 is 0 Å². The summed E-state index contributed by atoms with van der Waals surface area (Å²) in [6.45, 7) is 9.49. The van der Waals surface area contributed by atoms with Gasteiger partial charge in [-0.2, -0.15) is 0 Å². The highest BCUT2D eigenvalue weighted by atomic mass is 14.9. The maximum Gasteiger partial charge on any atom is 0.00104 e. The zero-order valence-corrected chi connectivity index (χ0v) is 9.76. The van der Waals surface area contributed by atoms with Crippen molar-refractivity contribution in [2.45, 2.75) is 52.0 Å². The molecule has 82 valence electrons. The number of allylic oxidation sites excluding steroid dienone is 1. The highest BCUT2D eigenvalue weighted by Crippen LogP contribution is 2.34. The number of rotatable bonds is 6. The highest BCUT2D eigenvalue weighted by Gasteiger charge is 2.25. The fourth-order valence-electron chi connectivity index (χ4n) is 2.48. The Morgan fingerprint density at radius 3 is 2.71 bits per heavy atom. The Bertz CT molecular complexity index is 163. The van der Waals surface area contributed by atoms with E-state index in [0.717, 1.165) is 11.8 Å². The smallest absolute Gasteiger partial charge is 0.00104 e. The van der Waals surface area contributed by atoms with E-state index in [1.165, 1.54) is 38.6 Å². The van der Waals surface area contributed by atoms with Gasteiger partial charge in [0, 0.05) is 6.04 Å². The van der Waals surface area contributed by atoms with Gasteiger partial charge in [-0.15, -0.1) is 6.58 Å². The van der Waals surface area contributed by atoms with Crippen molar-refractivity contribution in [2.75, 3.05) is 6.54 Å². The fourth-order valence-corrected chi connectivity index (χ4v) is 2.48. The second-order valence-electron chi connectivity index (χ2n) is 4.88. The van der Waals surface area contributed by atoms with E-state index >= 15 is 0 Å². The molecule has 1 N–H and O–H groups in total. The molecule has 0 saturated heterocycles. The first kappa shape index (κ1) is 11.8. The van der Waals surface area contributed by atoms with Gasteiger partial charge in [0.2, 0.25) is 0 Å². The summed E-state index contributed by atoms with van der Waals surface area (Å²) >= 11 is 0. The topological polar surface area (TPSA) is 12.0 Å². The lowest BCUT2D eigenvalue weighted by molar-refractivity contribution is 0.340. The summed E-state index contributed by atoms with van der Waals surface area (Å²) < 4.78 is 0. The van der Waals surface area contributed by atoms with Gasteiger partial charge < -0.3 is 5.32 Å². The number of hydrogen-bond acceptors (Lipinski definition) is 1. The minimum Gasteiger partial charge on any atom is -0.314 e. The Morgan fingerprint density at radius 2 is 2.07 bits per heavy atom. The second-order valence-corrected chi connectivity index (χ2v) is 4.88. The van der Waals surface area contributed by atoms with Crippen LogP contribution in [-0.4, -0.2) is 12.6 Å². The number of hydrogen-bond donors (Lipinski definition) is 1. The summed E-state index contributed by atoms with van der Waals surface area (Å²) in [5.41, 5.74) is 0. The van der Waals surface area contributed by atoms with Crippen LogP contribution in [0.15, 0.2) is 12.7 Å². The lowest BCUT2D eigenvalue weighted by Crippen LogP contribution is -2.30. The van der Waals surface area contributed by atoms with E-state index in [1.54, 1.807) is 0 Å². The molecule has 0 amide bonds. The minimum absolute atomic E-state index is 0.635. The summed E-state index contributed by atoms with van der Waals surface area (Å²) in [6, 6.07) is 0.635. The van der Waals surface area contributed by atoms with Crippen LogP contribution >= 0.6 is 0 Å². The Morgan fingerprint density at radius 1 is 1.36 bits per heavy atom. The van der Waals surface area contributed by atoms with Crippen molar-refractivity contribution in [3.8, 4) is 0 Å². The van der Waals surface area contributed by atoms with Crippen LogP contribution in [0.1, 0.15) is 46.0 Å². The van der Waals surface area contributed by atoms with Gasteiger partial charge in [0.1, 0.15) is 0 Å². The van der Waals surface area contributed by atoms with Crippen LogP contribution < -0.4 is 5.32 Å². The van der Waals surface area contributed by atoms with Gasteiger partial charge in [0.25, 0.3) is 0 Å². The summed E-state index contributed by atoms with van der Waals surface area (Å²) in [7, 11) is 0. The minimum atomic E-state index is 0.635. The van der Waals surface area contributed by atoms with Crippen LogP contribution in [0.5, 0.6) is 0 Å². The zero-order valence-electron chi connectivity index (χ0n) is 9.76. The van der Waals surface area contributed by atoms with Gasteiger partial charge in [-0.05, 0) is 37.6 Å². The molecule has 0 aromatic rings. The van der Waals surface area contributed by atoms with Crippen molar-refractivity contribution in [1.82, 2.24) is 5.32 Å². The molecule has 1 heteroatoms. The van der Waals surface area contributed by atoms with Crippen molar-refractivity contribution >= 4 is 0 Å². The standard InChI is InChI=1S/C13H25N/c1-4-5-7-12-8-6-9-13(12)10-14-11(2)3/h4,11-14H,1,5-10H2,2-3H3. The lowest BCUT2D eigenvalue weighted by atomic mass is 9.91. The van der Waals surface area contributed by atoms with Gasteiger partial charge in [0.05, 0.1) is 0 Å². The van der Waals surface area contributed by atoms with Crippen LogP contribution in [-0.2, 0) is 0 Å². The summed E-state index contributed by atoms with van der Waals surface area (Å²) in [6.07, 6.45) is 8.92. The van der Waals surface area contributed by atoms with E-state index in [1.807, 2.05) is 0 Å². The molecule has 1 rings (SSSR count). The van der Waals surface area contributed by atoms with E-state index in [-0.39, 0.29) is 0 Å². The molecule has 0 heterocycles. The Labute approximate surface area is 89.0 Å². The molecular formula is C13H25N. The number of nitrogens with one attached hydrogen (secondary N) is 1. The maximum absolute atomic E-state index is 3.81. The molecule has 0 aliphatic heterocycles. The average molecular weight is 195 g/mol. The Kier molecular flexibility index (Phi) is 5.24. The SMILES string of the molecule is C=CCCC1CCCC1CNC(C)C. The van der Waals surface area contributed by atoms with Crippen molar-refractivity contribution in [2.24, 2.45) is 11.8 Å². The average Bonchev–Trinajstić information content (AvgIpc) is 2.58. The predicted molar refractivity (Wildman–Crippen MR) is 63.4 cm³/mol. The molecule has 0 aromatic heterocycles. The second kappa shape index (κ2) is 6.23. The molecule has 1 saturated carbocycles. The summed E-state index contributed by atoms with van der Waals surface area (Å²) in [5, 5.41) is 3.57. The van der Waals surface area contributed by atoms with Gasteiger partial charge in [0.15, 0.2) is 0 Å². The Hall–Kier alpha value is -0.300. The third-order valence-electron chi connectivity index (χ3n) is 3.35. The third-order valence-corrected chi connectivity index (χ3v) is 3.35. The van der Waals surface area contributed by atoms with Crippen molar-refractivity contribution in [3.63, 3.8) is 0 Å². The van der Waals surface area contributed by atoms with Gasteiger partial charge in [-0.25, -0.2) is 0 Å². The molecule has 0 radical (unpaired) electrons. The van der Waals surface area contributed by atoms with Gasteiger partial charge in [-0.1, -0.05) is 32.8 Å². The Balaban J connectivity index is 2.24. The van der Waals surface area contributed by atoms with Gasteiger partial charge in [-0.3, -0.25) is 0 Å². The van der Waals surface area contributed by atoms with Gasteiger partial charge >= 0.3 is 0 Å². The molecule has 14 heavy (non-hydrogen) atoms. The molecule has 1 fully saturated rings. The van der Waals surface area contributed by atoms with Crippen LogP contribution in [0.2, 0.25) is 0 Å². The first-order valence-corrected chi connectivity index (χ1v) is 6.08. The monoisotopic (exact) mass is 195 g/mol. The van der Waals surface area contributed by atoms with E-state index < -0.39 is 0 Å². The predicted octanol–water partition coefficient (Wildman–Crippen LogP) is 3.37. The largest absolute Gasteiger partial charge is 0.314 e. The molecular weight excluding hydrogens is 170 g/mol. The van der Waals surface area contributed by atoms with E-state index in [9.17, 15) is 0 Å². The maximum atomic E-state index is 3.81. The molecule has 2 unspecified atom stereocenters. The van der Waals surface area contributed by atoms with Crippen molar-refractivity contribution in [1.29, 1.82) is 0 Å². The van der Waals surface area contributed by atoms with Crippen molar-refractivity contribution in [3.05, 3.63) is 12.7 Å². The molecule has 0 spiro atoms. The molecule has 1 nitrogen and oxygen atoms in total. The van der Waals surface area contributed by atoms with E-state index in [0.29, 0.717) is 6.04 Å². The van der Waals surface area contributed by atoms with Crippen LogP contribution in [0, 0.1) is 11.8 Å². The summed E-state index contributed by atoms with van der Waals surface area (Å²) in [4.78, 5) is 0. The highest BCUT2D eigenvalue weighted by molar-refractivity contribution is 4.81. The normalized spacial score (nSPS) is 27.1.